The zero-order chi connectivity index (χ0) is 23.2. The van der Waals surface area contributed by atoms with E-state index in [0.29, 0.717) is 23.0 Å². The van der Waals surface area contributed by atoms with Crippen LogP contribution >= 0.6 is 0 Å². The highest BCUT2D eigenvalue weighted by Gasteiger charge is 2.07. The summed E-state index contributed by atoms with van der Waals surface area (Å²) in [4.78, 5) is 20.6. The molecule has 0 saturated heterocycles. The van der Waals surface area contributed by atoms with Gasteiger partial charge >= 0.3 is 0 Å². The molecular weight excluding hydrogens is 424 g/mol. The van der Waals surface area contributed by atoms with Crippen LogP contribution in [0.5, 0.6) is 23.0 Å². The number of non-ortho nitro benzene ring substituents is 2. The van der Waals surface area contributed by atoms with Crippen molar-refractivity contribution in [2.75, 3.05) is 0 Å². The van der Waals surface area contributed by atoms with Gasteiger partial charge in [-0.25, -0.2) is 0 Å². The van der Waals surface area contributed by atoms with E-state index in [1.165, 1.54) is 24.3 Å². The van der Waals surface area contributed by atoms with Crippen LogP contribution in [0.2, 0.25) is 0 Å². The number of benzene rings is 4. The number of nitro groups is 2. The van der Waals surface area contributed by atoms with Crippen LogP contribution < -0.4 is 9.47 Å². The van der Waals surface area contributed by atoms with Gasteiger partial charge < -0.3 is 9.47 Å². The van der Waals surface area contributed by atoms with Crippen molar-refractivity contribution >= 4 is 11.4 Å². The van der Waals surface area contributed by atoms with Gasteiger partial charge in [0.2, 0.25) is 0 Å². The first-order valence-electron chi connectivity index (χ1n) is 9.99. The van der Waals surface area contributed by atoms with Crippen LogP contribution in [0.25, 0.3) is 0 Å². The van der Waals surface area contributed by atoms with Crippen LogP contribution in [0.4, 0.5) is 11.4 Å². The van der Waals surface area contributed by atoms with Crippen LogP contribution in [-0.4, -0.2) is 9.85 Å². The van der Waals surface area contributed by atoms with Crippen LogP contribution in [0.15, 0.2) is 97.1 Å². The van der Waals surface area contributed by atoms with E-state index in [1.807, 2.05) is 48.5 Å². The summed E-state index contributed by atoms with van der Waals surface area (Å²) in [6, 6.07) is 27.1. The zero-order valence-corrected chi connectivity index (χ0v) is 17.3. The highest BCUT2D eigenvalue weighted by atomic mass is 16.6. The van der Waals surface area contributed by atoms with Gasteiger partial charge in [-0.3, -0.25) is 20.2 Å². The molecule has 33 heavy (non-hydrogen) atoms. The molecule has 4 rings (SSSR count). The standard InChI is InChI=1S/C25H18N2O6/c28-26(29)20-5-13-24(14-6-20)32-22-9-1-18(2-10-22)17-19-3-11-23(12-4-19)33-25-15-7-21(8-16-25)27(30)31/h1-16H,17H2. The Morgan fingerprint density at radius 3 is 1.03 bits per heavy atom. The van der Waals surface area contributed by atoms with Crippen molar-refractivity contribution in [2.24, 2.45) is 0 Å². The molecular formula is C25H18N2O6. The van der Waals surface area contributed by atoms with Crippen LogP contribution in [0, 0.1) is 20.2 Å². The summed E-state index contributed by atoms with van der Waals surface area (Å²) < 4.78 is 11.5. The minimum absolute atomic E-state index is 0.0156. The summed E-state index contributed by atoms with van der Waals surface area (Å²) in [5.74, 6) is 2.33. The highest BCUT2D eigenvalue weighted by molar-refractivity contribution is 5.41. The van der Waals surface area contributed by atoms with Gasteiger partial charge in [0, 0.05) is 24.3 Å². The quantitative estimate of drug-likeness (QED) is 0.223. The highest BCUT2D eigenvalue weighted by Crippen LogP contribution is 2.26. The molecule has 8 heteroatoms. The Kier molecular flexibility index (Phi) is 6.26. The SMILES string of the molecule is O=[N+]([O-])c1ccc(Oc2ccc(Cc3ccc(Oc4ccc([N+](=O)[O-])cc4)cc3)cc2)cc1. The maximum absolute atomic E-state index is 10.7. The van der Waals surface area contributed by atoms with Crippen molar-refractivity contribution < 1.29 is 19.3 Å². The van der Waals surface area contributed by atoms with E-state index in [4.69, 9.17) is 9.47 Å². The molecule has 0 unspecified atom stereocenters. The molecule has 4 aromatic carbocycles. The summed E-state index contributed by atoms with van der Waals surface area (Å²) in [6.45, 7) is 0. The summed E-state index contributed by atoms with van der Waals surface area (Å²) >= 11 is 0. The molecule has 0 fully saturated rings. The molecule has 164 valence electrons. The second-order valence-corrected chi connectivity index (χ2v) is 7.17. The molecule has 0 aliphatic heterocycles. The second-order valence-electron chi connectivity index (χ2n) is 7.17. The van der Waals surface area contributed by atoms with Crippen LogP contribution in [0.3, 0.4) is 0 Å². The smallest absolute Gasteiger partial charge is 0.269 e. The normalized spacial score (nSPS) is 10.4. The predicted molar refractivity (Wildman–Crippen MR) is 122 cm³/mol. The molecule has 0 atom stereocenters. The average molecular weight is 442 g/mol. The molecule has 0 radical (unpaired) electrons. The predicted octanol–water partition coefficient (Wildman–Crippen LogP) is 6.68. The van der Waals surface area contributed by atoms with E-state index in [-0.39, 0.29) is 11.4 Å². The Bertz CT molecular complexity index is 1150. The average Bonchev–Trinajstić information content (AvgIpc) is 2.82. The van der Waals surface area contributed by atoms with Crippen LogP contribution in [-0.2, 0) is 6.42 Å². The zero-order valence-electron chi connectivity index (χ0n) is 17.3. The summed E-state index contributed by atoms with van der Waals surface area (Å²) in [5, 5.41) is 21.5. The third-order valence-electron chi connectivity index (χ3n) is 4.82. The Balaban J connectivity index is 1.34. The van der Waals surface area contributed by atoms with E-state index < -0.39 is 9.85 Å². The van der Waals surface area contributed by atoms with Gasteiger partial charge in [-0.15, -0.1) is 0 Å². The van der Waals surface area contributed by atoms with Gasteiger partial charge in [-0.2, -0.15) is 0 Å². The van der Waals surface area contributed by atoms with Gasteiger partial charge in [0.1, 0.15) is 23.0 Å². The summed E-state index contributed by atoms with van der Waals surface area (Å²) in [7, 11) is 0. The summed E-state index contributed by atoms with van der Waals surface area (Å²) in [5.41, 5.74) is 2.22. The number of hydrogen-bond donors (Lipinski definition) is 0. The molecule has 0 aliphatic carbocycles. The lowest BCUT2D eigenvalue weighted by Gasteiger charge is -2.08. The van der Waals surface area contributed by atoms with Gasteiger partial charge in [0.25, 0.3) is 11.4 Å². The number of hydrogen-bond acceptors (Lipinski definition) is 6. The maximum Gasteiger partial charge on any atom is 0.269 e. The van der Waals surface area contributed by atoms with Crippen molar-refractivity contribution in [1.29, 1.82) is 0 Å². The molecule has 0 heterocycles. The van der Waals surface area contributed by atoms with Crippen molar-refractivity contribution in [3.63, 3.8) is 0 Å². The minimum atomic E-state index is -0.451. The third kappa shape index (κ3) is 5.71. The first kappa shape index (κ1) is 21.5. The monoisotopic (exact) mass is 442 g/mol. The Labute approximate surface area is 189 Å². The molecule has 4 aromatic rings. The molecule has 0 amide bonds. The fraction of sp³-hybridized carbons (Fsp3) is 0.0400. The first-order chi connectivity index (χ1) is 16.0. The second kappa shape index (κ2) is 9.61. The minimum Gasteiger partial charge on any atom is -0.457 e. The molecule has 0 aromatic heterocycles. The van der Waals surface area contributed by atoms with Crippen molar-refractivity contribution in [2.45, 2.75) is 6.42 Å². The first-order valence-corrected chi connectivity index (χ1v) is 9.99. The van der Waals surface area contributed by atoms with Crippen molar-refractivity contribution in [3.8, 4) is 23.0 Å². The Morgan fingerprint density at radius 2 is 0.758 bits per heavy atom. The van der Waals surface area contributed by atoms with E-state index >= 15 is 0 Å². The van der Waals surface area contributed by atoms with Gasteiger partial charge in [-0.05, 0) is 66.1 Å². The Morgan fingerprint density at radius 1 is 0.485 bits per heavy atom. The largest absolute Gasteiger partial charge is 0.457 e. The third-order valence-corrected chi connectivity index (χ3v) is 4.82. The fourth-order valence-electron chi connectivity index (χ4n) is 3.13. The molecule has 8 nitrogen and oxygen atoms in total. The Hall–Kier alpha value is -4.72. The fourth-order valence-corrected chi connectivity index (χ4v) is 3.13. The van der Waals surface area contributed by atoms with Crippen molar-refractivity contribution in [3.05, 3.63) is 128 Å². The van der Waals surface area contributed by atoms with Crippen molar-refractivity contribution in [1.82, 2.24) is 0 Å². The van der Waals surface area contributed by atoms with E-state index in [9.17, 15) is 20.2 Å². The van der Waals surface area contributed by atoms with Gasteiger partial charge in [0.15, 0.2) is 0 Å². The lowest BCUT2D eigenvalue weighted by atomic mass is 10.0. The van der Waals surface area contributed by atoms with Gasteiger partial charge in [0.05, 0.1) is 9.85 Å². The van der Waals surface area contributed by atoms with E-state index in [0.717, 1.165) is 17.5 Å². The van der Waals surface area contributed by atoms with Crippen LogP contribution in [0.1, 0.15) is 11.1 Å². The van der Waals surface area contributed by atoms with Gasteiger partial charge in [-0.1, -0.05) is 24.3 Å². The number of rotatable bonds is 8. The molecule has 0 aliphatic rings. The number of nitrogens with zero attached hydrogens (tertiary/aromatic N) is 2. The van der Waals surface area contributed by atoms with E-state index in [1.54, 1.807) is 24.3 Å². The number of nitro benzene ring substituents is 2. The lowest BCUT2D eigenvalue weighted by molar-refractivity contribution is -0.385. The topological polar surface area (TPSA) is 105 Å². The molecule has 0 saturated carbocycles. The molecule has 0 spiro atoms. The van der Waals surface area contributed by atoms with E-state index in [2.05, 4.69) is 0 Å². The summed E-state index contributed by atoms with van der Waals surface area (Å²) in [6.07, 6.45) is 0.718. The number of ether oxygens (including phenoxy) is 2. The molecule has 0 bridgehead atoms. The molecule has 0 N–H and O–H groups in total. The maximum atomic E-state index is 10.7. The lowest BCUT2D eigenvalue weighted by Crippen LogP contribution is -1.91.